The summed E-state index contributed by atoms with van der Waals surface area (Å²) in [4.78, 5) is 11.1. The van der Waals surface area contributed by atoms with Crippen LogP contribution in [-0.4, -0.2) is 18.2 Å². The van der Waals surface area contributed by atoms with E-state index in [2.05, 4.69) is 0 Å². The summed E-state index contributed by atoms with van der Waals surface area (Å²) in [6.07, 6.45) is 0. The van der Waals surface area contributed by atoms with Crippen LogP contribution in [0.2, 0.25) is 0 Å². The Hall–Kier alpha value is -1.97. The van der Waals surface area contributed by atoms with E-state index in [1.54, 1.807) is 20.1 Å². The molecule has 0 amide bonds. The van der Waals surface area contributed by atoms with E-state index in [-0.39, 0.29) is 5.56 Å². The van der Waals surface area contributed by atoms with E-state index in [1.807, 2.05) is 13.0 Å². The monoisotopic (exact) mass is 220 g/mol. The first-order valence-electron chi connectivity index (χ1n) is 4.85. The van der Waals surface area contributed by atoms with Gasteiger partial charge in [-0.15, -0.1) is 0 Å². The van der Waals surface area contributed by atoms with E-state index in [4.69, 9.17) is 14.3 Å². The molecular weight excluding hydrogens is 208 g/mol. The Labute approximate surface area is 92.4 Å². The van der Waals surface area contributed by atoms with Crippen molar-refractivity contribution in [2.24, 2.45) is 0 Å². The lowest BCUT2D eigenvalue weighted by Gasteiger charge is -2.01. The van der Waals surface area contributed by atoms with Gasteiger partial charge < -0.3 is 14.3 Å². The van der Waals surface area contributed by atoms with Crippen molar-refractivity contribution in [3.63, 3.8) is 0 Å². The molecule has 84 valence electrons. The summed E-state index contributed by atoms with van der Waals surface area (Å²) in [5.74, 6) is 0.0658. The van der Waals surface area contributed by atoms with Gasteiger partial charge in [0.1, 0.15) is 22.7 Å². The quantitative estimate of drug-likeness (QED) is 0.845. The van der Waals surface area contributed by atoms with Crippen molar-refractivity contribution in [3.05, 3.63) is 29.0 Å². The minimum absolute atomic E-state index is 0.206. The summed E-state index contributed by atoms with van der Waals surface area (Å²) in [5, 5.41) is 9.69. The van der Waals surface area contributed by atoms with Gasteiger partial charge >= 0.3 is 5.97 Å². The fraction of sp³-hybridized carbons (Fsp3) is 0.250. The Morgan fingerprint density at radius 2 is 2.06 bits per heavy atom. The molecule has 4 nitrogen and oxygen atoms in total. The summed E-state index contributed by atoms with van der Waals surface area (Å²) in [7, 11) is 1.55. The highest BCUT2D eigenvalue weighted by molar-refractivity contribution is 6.04. The van der Waals surface area contributed by atoms with E-state index in [9.17, 15) is 4.79 Å². The molecule has 1 aromatic heterocycles. The van der Waals surface area contributed by atoms with Crippen molar-refractivity contribution in [1.82, 2.24) is 0 Å². The highest BCUT2D eigenvalue weighted by atomic mass is 16.5. The molecule has 0 atom stereocenters. The van der Waals surface area contributed by atoms with Gasteiger partial charge in [0.15, 0.2) is 0 Å². The standard InChI is InChI=1S/C12H12O4/c1-6-4-8(15-3)5-9-10(12(13)14)7(2)16-11(6)9/h4-5H,1-3H3,(H,13,14). The number of carboxylic acids is 1. The molecule has 0 unspecified atom stereocenters. The van der Waals surface area contributed by atoms with Crippen molar-refractivity contribution in [2.75, 3.05) is 7.11 Å². The number of rotatable bonds is 2. The molecule has 0 fully saturated rings. The topological polar surface area (TPSA) is 59.7 Å². The fourth-order valence-corrected chi connectivity index (χ4v) is 1.84. The molecule has 0 aliphatic rings. The van der Waals surface area contributed by atoms with Gasteiger partial charge in [0.2, 0.25) is 0 Å². The number of hydrogen-bond donors (Lipinski definition) is 1. The summed E-state index contributed by atoms with van der Waals surface area (Å²) in [6, 6.07) is 3.50. The molecule has 4 heteroatoms. The van der Waals surface area contributed by atoms with Crippen LogP contribution < -0.4 is 4.74 Å². The third-order valence-corrected chi connectivity index (χ3v) is 2.57. The lowest BCUT2D eigenvalue weighted by Crippen LogP contribution is -1.96. The molecule has 1 heterocycles. The summed E-state index contributed by atoms with van der Waals surface area (Å²) in [6.45, 7) is 3.51. The lowest BCUT2D eigenvalue weighted by molar-refractivity contribution is 0.0697. The van der Waals surface area contributed by atoms with Crippen molar-refractivity contribution in [1.29, 1.82) is 0 Å². The minimum Gasteiger partial charge on any atom is -0.497 e. The molecule has 0 radical (unpaired) electrons. The maximum atomic E-state index is 11.1. The summed E-state index contributed by atoms with van der Waals surface area (Å²) >= 11 is 0. The van der Waals surface area contributed by atoms with Crippen LogP contribution in [0.25, 0.3) is 11.0 Å². The number of carbonyl (C=O) groups is 1. The molecule has 2 aromatic rings. The molecule has 0 aliphatic heterocycles. The van der Waals surface area contributed by atoms with Crippen LogP contribution in [0.3, 0.4) is 0 Å². The normalized spacial score (nSPS) is 10.7. The number of furan rings is 1. The predicted octanol–water partition coefficient (Wildman–Crippen LogP) is 2.76. The smallest absolute Gasteiger partial charge is 0.339 e. The Morgan fingerprint density at radius 3 is 2.62 bits per heavy atom. The molecule has 1 aromatic carbocycles. The average molecular weight is 220 g/mol. The average Bonchev–Trinajstić information content (AvgIpc) is 2.54. The summed E-state index contributed by atoms with van der Waals surface area (Å²) in [5.41, 5.74) is 1.68. The Bertz CT molecular complexity index is 566. The third-order valence-electron chi connectivity index (χ3n) is 2.57. The molecule has 2 rings (SSSR count). The highest BCUT2D eigenvalue weighted by Crippen LogP contribution is 2.31. The van der Waals surface area contributed by atoms with E-state index < -0.39 is 5.97 Å². The number of aromatic carboxylic acids is 1. The number of carboxylic acid groups (broad SMARTS) is 1. The first kappa shape index (κ1) is 10.5. The van der Waals surface area contributed by atoms with E-state index in [0.29, 0.717) is 22.5 Å². The van der Waals surface area contributed by atoms with E-state index >= 15 is 0 Å². The first-order valence-corrected chi connectivity index (χ1v) is 4.85. The van der Waals surface area contributed by atoms with Gasteiger partial charge in [0.05, 0.1) is 7.11 Å². The van der Waals surface area contributed by atoms with Gasteiger partial charge in [-0.25, -0.2) is 4.79 Å². The predicted molar refractivity (Wildman–Crippen MR) is 59.2 cm³/mol. The number of methoxy groups -OCH3 is 1. The Morgan fingerprint density at radius 1 is 1.38 bits per heavy atom. The molecule has 16 heavy (non-hydrogen) atoms. The van der Waals surface area contributed by atoms with Crippen LogP contribution in [0.15, 0.2) is 16.5 Å². The SMILES string of the molecule is COc1cc(C)c2oc(C)c(C(=O)O)c2c1. The van der Waals surface area contributed by atoms with Crippen molar-refractivity contribution in [2.45, 2.75) is 13.8 Å². The molecule has 0 aliphatic carbocycles. The number of ether oxygens (including phenoxy) is 1. The zero-order valence-electron chi connectivity index (χ0n) is 9.33. The molecule has 0 saturated carbocycles. The van der Waals surface area contributed by atoms with Gasteiger partial charge in [-0.3, -0.25) is 0 Å². The van der Waals surface area contributed by atoms with Crippen LogP contribution in [0, 0.1) is 13.8 Å². The number of aryl methyl sites for hydroxylation is 2. The van der Waals surface area contributed by atoms with Crippen LogP contribution >= 0.6 is 0 Å². The molecular formula is C12H12O4. The second-order valence-electron chi connectivity index (χ2n) is 3.66. The maximum Gasteiger partial charge on any atom is 0.339 e. The van der Waals surface area contributed by atoms with Crippen LogP contribution in [-0.2, 0) is 0 Å². The van der Waals surface area contributed by atoms with Gasteiger partial charge in [0.25, 0.3) is 0 Å². The number of hydrogen-bond acceptors (Lipinski definition) is 3. The van der Waals surface area contributed by atoms with Gasteiger partial charge in [-0.05, 0) is 31.5 Å². The molecule has 0 spiro atoms. The Kier molecular flexibility index (Phi) is 2.34. The molecule has 0 bridgehead atoms. The van der Waals surface area contributed by atoms with Crippen molar-refractivity contribution in [3.8, 4) is 5.75 Å². The van der Waals surface area contributed by atoms with E-state index in [1.165, 1.54) is 0 Å². The zero-order valence-corrected chi connectivity index (χ0v) is 9.33. The third kappa shape index (κ3) is 1.43. The number of benzene rings is 1. The van der Waals surface area contributed by atoms with Crippen LogP contribution in [0.5, 0.6) is 5.75 Å². The Balaban J connectivity index is 2.86. The van der Waals surface area contributed by atoms with Crippen LogP contribution in [0.1, 0.15) is 21.7 Å². The first-order chi connectivity index (χ1) is 7.54. The van der Waals surface area contributed by atoms with Crippen molar-refractivity contribution < 1.29 is 19.1 Å². The summed E-state index contributed by atoms with van der Waals surface area (Å²) < 4.78 is 10.6. The van der Waals surface area contributed by atoms with Crippen LogP contribution in [0.4, 0.5) is 0 Å². The molecule has 0 saturated heterocycles. The van der Waals surface area contributed by atoms with Gasteiger partial charge in [-0.1, -0.05) is 0 Å². The minimum atomic E-state index is -0.982. The molecule has 1 N–H and O–H groups in total. The second kappa shape index (κ2) is 3.56. The van der Waals surface area contributed by atoms with Gasteiger partial charge in [0, 0.05) is 5.39 Å². The fourth-order valence-electron chi connectivity index (χ4n) is 1.84. The second-order valence-corrected chi connectivity index (χ2v) is 3.66. The maximum absolute atomic E-state index is 11.1. The lowest BCUT2D eigenvalue weighted by atomic mass is 10.1. The van der Waals surface area contributed by atoms with Crippen molar-refractivity contribution >= 4 is 16.9 Å². The zero-order chi connectivity index (χ0) is 11.9. The number of fused-ring (bicyclic) bond motifs is 1. The van der Waals surface area contributed by atoms with E-state index in [0.717, 1.165) is 5.56 Å². The highest BCUT2D eigenvalue weighted by Gasteiger charge is 2.19. The largest absolute Gasteiger partial charge is 0.497 e. The van der Waals surface area contributed by atoms with Gasteiger partial charge in [-0.2, -0.15) is 0 Å².